The number of aliphatic hydroxyl groups excluding tert-OH is 1. The Kier molecular flexibility index (Phi) is 34.2. The van der Waals surface area contributed by atoms with E-state index < -0.39 is 95.9 Å². The number of nitrogen functional groups attached to an aromatic ring is 2. The summed E-state index contributed by atoms with van der Waals surface area (Å²) >= 11 is 0. The van der Waals surface area contributed by atoms with E-state index in [1.165, 1.54) is 25.3 Å². The maximum absolute atomic E-state index is 14.7. The number of nitrogens with one attached hydrogen (secondary N) is 1. The zero-order valence-electron chi connectivity index (χ0n) is 76.7. The number of fused-ring (bicyclic) bond motifs is 5. The number of carbonyl (C=O) groups excluding carboxylic acids is 8. The van der Waals surface area contributed by atoms with Gasteiger partial charge in [0.05, 0.1) is 34.8 Å². The van der Waals surface area contributed by atoms with E-state index in [1.54, 1.807) is 84.3 Å². The number of aromatic nitrogens is 11. The number of methoxy groups -OCH3 is 3. The summed E-state index contributed by atoms with van der Waals surface area (Å²) in [5, 5.41) is 32.1. The van der Waals surface area contributed by atoms with Gasteiger partial charge in [0.1, 0.15) is 59.6 Å². The van der Waals surface area contributed by atoms with Crippen LogP contribution in [-0.4, -0.2) is 270 Å². The Morgan fingerprint density at radius 3 is 2.05 bits per heavy atom. The minimum Gasteiger partial charge on any atom is -0.460 e. The topological polar surface area (TPSA) is 460 Å². The van der Waals surface area contributed by atoms with Gasteiger partial charge in [-0.15, -0.1) is 0 Å². The van der Waals surface area contributed by atoms with Gasteiger partial charge in [-0.2, -0.15) is 10.1 Å². The Labute approximate surface area is 758 Å². The predicted octanol–water partition coefficient (Wildman–Crippen LogP) is 9.02. The number of ether oxygens (including phenoxy) is 6. The van der Waals surface area contributed by atoms with Crippen molar-refractivity contribution < 1.29 is 81.4 Å². The number of aryl methyl sites for hydroxylation is 2. The number of cyclic esters (lactones) is 1. The highest BCUT2D eigenvalue weighted by Crippen LogP contribution is 2.40. The molecule has 130 heavy (non-hydrogen) atoms. The normalized spacial score (nSPS) is 27.5. The number of carbonyl (C=O) groups is 8. The number of hydrogen-bond donors (Lipinski definition) is 5. The number of Topliss-reactive ketones (excluding diaryl/α,β-unsaturated/α-hetero) is 4. The average molecular weight is 1800 g/mol. The first-order valence-electron chi connectivity index (χ1n) is 45.4. The van der Waals surface area contributed by atoms with E-state index >= 15 is 0 Å². The number of benzene rings is 1. The molecule has 36 heteroatoms. The molecular weight excluding hydrogens is 1670 g/mol. The Bertz CT molecular complexity index is 5180. The lowest BCUT2D eigenvalue weighted by molar-refractivity contribution is -0.265. The van der Waals surface area contributed by atoms with Gasteiger partial charge in [-0.1, -0.05) is 71.1 Å². The van der Waals surface area contributed by atoms with Gasteiger partial charge in [0.15, 0.2) is 22.8 Å². The lowest BCUT2D eigenvalue weighted by Crippen LogP contribution is -2.61. The van der Waals surface area contributed by atoms with Gasteiger partial charge >= 0.3 is 11.9 Å². The van der Waals surface area contributed by atoms with E-state index in [-0.39, 0.29) is 72.9 Å². The minimum absolute atomic E-state index is 0.00224. The number of piperazine rings is 2. The van der Waals surface area contributed by atoms with Crippen LogP contribution < -0.4 is 31.5 Å². The van der Waals surface area contributed by atoms with Crippen molar-refractivity contribution in [3.05, 3.63) is 126 Å². The number of amides is 2. The maximum Gasteiger partial charge on any atom is 0.329 e. The Balaban J connectivity index is 0.000000315. The number of likely N-dealkylation sites (N-methyl/N-ethyl adjacent to an activating group) is 1. The zero-order chi connectivity index (χ0) is 93.0. The number of nitrogens with two attached hydrogens (primary N) is 2. The maximum atomic E-state index is 14.7. The lowest BCUT2D eigenvalue weighted by Gasteiger charge is -2.42. The van der Waals surface area contributed by atoms with Gasteiger partial charge in [0, 0.05) is 173 Å². The summed E-state index contributed by atoms with van der Waals surface area (Å²) in [6, 6.07) is 4.43. The summed E-state index contributed by atoms with van der Waals surface area (Å²) in [5.74, 6) is -7.05. The quantitative estimate of drug-likeness (QED) is 0.0147. The van der Waals surface area contributed by atoms with Crippen LogP contribution in [0.5, 0.6) is 0 Å². The number of piperidine rings is 1. The molecule has 11 heterocycles. The van der Waals surface area contributed by atoms with Crippen molar-refractivity contribution in [2.75, 3.05) is 120 Å². The van der Waals surface area contributed by atoms with Crippen LogP contribution in [0.25, 0.3) is 33.4 Å². The third-order valence-corrected chi connectivity index (χ3v) is 25.9. The summed E-state index contributed by atoms with van der Waals surface area (Å²) in [6.07, 6.45) is 23.4. The molecule has 0 unspecified atom stereocenters. The number of oxazole rings is 1. The van der Waals surface area contributed by atoms with Gasteiger partial charge in [-0.25, -0.2) is 49.3 Å². The third-order valence-electron chi connectivity index (χ3n) is 25.9. The third kappa shape index (κ3) is 24.9. The van der Waals surface area contributed by atoms with Crippen LogP contribution in [-0.2, 0) is 70.2 Å². The van der Waals surface area contributed by atoms with Crippen molar-refractivity contribution in [1.29, 1.82) is 0 Å². The van der Waals surface area contributed by atoms with E-state index in [4.69, 9.17) is 49.4 Å². The average Bonchev–Trinajstić information content (AvgIpc) is 1.44. The second-order valence-corrected chi connectivity index (χ2v) is 35.5. The highest BCUT2D eigenvalue weighted by molar-refractivity contribution is 6.39. The summed E-state index contributed by atoms with van der Waals surface area (Å²) in [5.41, 5.74) is 18.2. The Morgan fingerprint density at radius 1 is 0.723 bits per heavy atom. The fourth-order valence-corrected chi connectivity index (χ4v) is 17.9. The summed E-state index contributed by atoms with van der Waals surface area (Å²) in [6.45, 7) is 21.5. The predicted molar refractivity (Wildman–Crippen MR) is 486 cm³/mol. The van der Waals surface area contributed by atoms with E-state index in [9.17, 15) is 48.6 Å². The van der Waals surface area contributed by atoms with Gasteiger partial charge in [0.2, 0.25) is 23.6 Å². The summed E-state index contributed by atoms with van der Waals surface area (Å²) in [4.78, 5) is 159. The largest absolute Gasteiger partial charge is 0.460 e. The zero-order valence-corrected chi connectivity index (χ0v) is 76.7. The van der Waals surface area contributed by atoms with Crippen molar-refractivity contribution in [3.63, 3.8) is 0 Å². The molecule has 5 fully saturated rings. The van der Waals surface area contributed by atoms with Crippen LogP contribution in [0.2, 0.25) is 0 Å². The number of nitrogens with zero attached hydrogens (tertiary/aromatic N) is 16. The van der Waals surface area contributed by atoms with E-state index in [1.807, 2.05) is 79.8 Å². The first-order chi connectivity index (χ1) is 62.4. The van der Waals surface area contributed by atoms with Crippen molar-refractivity contribution in [2.24, 2.45) is 35.5 Å². The number of allylic oxidation sites excluding steroid dienone is 6. The smallest absolute Gasteiger partial charge is 0.329 e. The molecule has 6 aromatic heterocycles. The van der Waals surface area contributed by atoms with Crippen molar-refractivity contribution in [3.8, 4) is 11.3 Å². The van der Waals surface area contributed by atoms with Crippen molar-refractivity contribution >= 4 is 98.7 Å². The first-order valence-corrected chi connectivity index (χ1v) is 45.4. The fourth-order valence-electron chi connectivity index (χ4n) is 17.9. The second-order valence-electron chi connectivity index (χ2n) is 35.5. The lowest BCUT2D eigenvalue weighted by atomic mass is 9.78. The molecule has 6 aliphatic rings. The number of rotatable bonds is 21. The Morgan fingerprint density at radius 2 is 1.39 bits per heavy atom. The molecule has 4 saturated heterocycles. The van der Waals surface area contributed by atoms with Crippen LogP contribution in [0.1, 0.15) is 178 Å². The monoisotopic (exact) mass is 1790 g/mol. The molecule has 1 aromatic carbocycles. The number of ketones is 4. The number of anilines is 5. The van der Waals surface area contributed by atoms with E-state index in [0.717, 1.165) is 55.7 Å². The molecule has 13 rings (SSSR count). The van der Waals surface area contributed by atoms with Crippen LogP contribution in [0.15, 0.2) is 114 Å². The van der Waals surface area contributed by atoms with Gasteiger partial charge in [0.25, 0.3) is 23.6 Å². The van der Waals surface area contributed by atoms with E-state index in [2.05, 4.69) is 71.9 Å². The summed E-state index contributed by atoms with van der Waals surface area (Å²) < 4.78 is 43.3. The second kappa shape index (κ2) is 45.5. The summed E-state index contributed by atoms with van der Waals surface area (Å²) in [7, 11) is 6.62. The number of aliphatic hydroxyl groups is 2. The fraction of sp³-hybridized carbons (Fsp3) is 0.574. The molecule has 2 amide bonds. The van der Waals surface area contributed by atoms with Crippen molar-refractivity contribution in [1.82, 2.24) is 69.8 Å². The molecule has 15 atom stereocenters. The van der Waals surface area contributed by atoms with Crippen LogP contribution in [0, 0.1) is 35.5 Å². The molecule has 700 valence electrons. The first kappa shape index (κ1) is 97.8. The van der Waals surface area contributed by atoms with Crippen LogP contribution in [0.4, 0.5) is 29.7 Å². The van der Waals surface area contributed by atoms with Gasteiger partial charge in [-0.05, 0) is 164 Å². The molecule has 36 nitrogen and oxygen atoms in total. The molecule has 2 bridgehead atoms. The van der Waals surface area contributed by atoms with Gasteiger partial charge < -0.3 is 84.3 Å². The molecule has 5 aliphatic heterocycles. The molecule has 7 aromatic rings. The molecular formula is C94H127N19O17. The number of hydrogen-bond acceptors (Lipinski definition) is 33. The number of esters is 2. The molecule has 0 radical (unpaired) electrons. The van der Waals surface area contributed by atoms with Gasteiger partial charge in [-0.3, -0.25) is 33.6 Å². The van der Waals surface area contributed by atoms with E-state index in [0.29, 0.717) is 178 Å². The molecule has 0 spiro atoms. The Hall–Kier alpha value is -11.3. The van der Waals surface area contributed by atoms with Crippen molar-refractivity contribution in [2.45, 2.75) is 219 Å². The molecule has 7 N–H and O–H groups in total. The highest BCUT2D eigenvalue weighted by atomic mass is 16.6. The molecule has 1 aliphatic carbocycles. The standard InChI is InChI=1S/C68H97N7O15.C26H30N12O2/c1-41-17-13-12-14-18-42(2)56(85-9)35-52-23-20-47(7)68(84,90-52)63(81)64(82)75-26-16-15-19-53(75)65(83)89-57(36-54(77)43(3)32-46(6)61(80)62(87-11)60(79)45(5)31-41)44(4)33-49-21-24-55(58(34-49)86-10)88-59(78)25-22-50-37-69-66(70-38-50)73-27-29-74(30-28-73)67-71-39-51(40-72-67)48(8)76;1-36-8-10-37(11-9-36)26-30-13-17(14-31-26)24(39)29-6-2-3-7-38-23-20(22(27)32-15-33-23)21(35-38)16-4-5-19-18(12-16)34-25(28)40-19/h12-14,17-18,32,37-41,43-45,47,49,52-53,55-58,61-62,80,84H,15-16,19-31,33-36H2,1-11H3;4-5,12-15H,2-3,6-11H2,1H3,(H2,28,34)(H,29,39)(H2,27,32,33)/b14-12+,17-13+,42-18+,46-32+;/t41-,43-,44-,45-,47-,49+,52+,53+,55-,56+,57+,58-,61-,62+,68-;/m1./s1. The highest BCUT2D eigenvalue weighted by Gasteiger charge is 2.53. The van der Waals surface area contributed by atoms with Crippen LogP contribution in [0.3, 0.4) is 0 Å². The number of unbranched alkanes of at least 4 members (excludes halogenated alkanes) is 1. The minimum atomic E-state index is -2.47. The SMILES string of the molecule is CN1CCN(c2ncc(C(=O)NCCCCn3nc(-c4ccc5oc(N)nc5c4)c4c(N)ncnc43)cn2)CC1.CO[C@H]1C[C@@H]2CC[C@@H](C)[C@@](O)(O2)C(=O)C(=O)N2CCCC[C@H]2C(=O)O[C@H]([C@H](C)C[C@@H]2CC[C@@H](OC(=O)CCc3cnc(N4CCN(c5ncc(C(C)=O)cn5)CC4)nc3)[C@H](OC)C2)CC(=O)[C@H](C)/C=C(\C)[C@@H](O)[C@@H](OC)C(=O)[C@H](C)C[C@H](C)/C=C/C=C/C=C/1C. The van der Waals surface area contributed by atoms with Crippen LogP contribution >= 0.6 is 0 Å². The molecule has 1 saturated carbocycles.